The van der Waals surface area contributed by atoms with E-state index in [0.29, 0.717) is 11.4 Å². The van der Waals surface area contributed by atoms with Crippen LogP contribution in [0.1, 0.15) is 18.3 Å². The SMILES string of the molecule is CCc1nnc(-c2ccc(C(F)(F)F)cc2)n1C. The van der Waals surface area contributed by atoms with Crippen LogP contribution < -0.4 is 0 Å². The van der Waals surface area contributed by atoms with E-state index in [-0.39, 0.29) is 0 Å². The van der Waals surface area contributed by atoms with Gasteiger partial charge in [-0.2, -0.15) is 13.2 Å². The Labute approximate surface area is 102 Å². The van der Waals surface area contributed by atoms with Gasteiger partial charge in [-0.05, 0) is 12.1 Å². The van der Waals surface area contributed by atoms with E-state index in [4.69, 9.17) is 0 Å². The second-order valence-electron chi connectivity index (χ2n) is 3.93. The van der Waals surface area contributed by atoms with E-state index in [1.807, 2.05) is 6.92 Å². The largest absolute Gasteiger partial charge is 0.416 e. The Balaban J connectivity index is 2.37. The topological polar surface area (TPSA) is 30.7 Å². The van der Waals surface area contributed by atoms with Crippen LogP contribution in [0.4, 0.5) is 13.2 Å². The Morgan fingerprint density at radius 2 is 1.72 bits per heavy atom. The molecule has 0 atom stereocenters. The molecule has 0 amide bonds. The monoisotopic (exact) mass is 255 g/mol. The van der Waals surface area contributed by atoms with Crippen molar-refractivity contribution >= 4 is 0 Å². The lowest BCUT2D eigenvalue weighted by Gasteiger charge is -2.07. The first-order valence-electron chi connectivity index (χ1n) is 5.49. The minimum Gasteiger partial charge on any atom is -0.314 e. The molecule has 6 heteroatoms. The summed E-state index contributed by atoms with van der Waals surface area (Å²) in [4.78, 5) is 0. The molecule has 18 heavy (non-hydrogen) atoms. The number of aromatic nitrogens is 3. The van der Waals surface area contributed by atoms with Gasteiger partial charge in [0.1, 0.15) is 5.82 Å². The van der Waals surface area contributed by atoms with Crippen LogP contribution in [0.5, 0.6) is 0 Å². The summed E-state index contributed by atoms with van der Waals surface area (Å²) in [5.74, 6) is 1.37. The standard InChI is InChI=1S/C12H12F3N3/c1-3-10-16-17-11(18(10)2)8-4-6-9(7-5-8)12(13,14)15/h4-7H,3H2,1-2H3. The lowest BCUT2D eigenvalue weighted by Crippen LogP contribution is -2.04. The first-order chi connectivity index (χ1) is 8.43. The van der Waals surface area contributed by atoms with E-state index in [2.05, 4.69) is 10.2 Å². The number of nitrogens with zero attached hydrogens (tertiary/aromatic N) is 3. The minimum atomic E-state index is -4.31. The number of rotatable bonds is 2. The molecule has 0 N–H and O–H groups in total. The van der Waals surface area contributed by atoms with Gasteiger partial charge in [0.15, 0.2) is 5.82 Å². The van der Waals surface area contributed by atoms with Crippen LogP contribution in [-0.4, -0.2) is 14.8 Å². The first kappa shape index (κ1) is 12.6. The maximum Gasteiger partial charge on any atom is 0.416 e. The molecule has 0 fully saturated rings. The summed E-state index contributed by atoms with van der Waals surface area (Å²) in [7, 11) is 1.80. The molecule has 0 saturated carbocycles. The van der Waals surface area contributed by atoms with Crippen molar-refractivity contribution in [1.82, 2.24) is 14.8 Å². The van der Waals surface area contributed by atoms with Crippen molar-refractivity contribution < 1.29 is 13.2 Å². The Kier molecular flexibility index (Phi) is 3.11. The molecule has 2 aromatic rings. The molecular formula is C12H12F3N3. The number of aryl methyl sites for hydroxylation is 1. The van der Waals surface area contributed by atoms with Crippen molar-refractivity contribution in [3.63, 3.8) is 0 Å². The fraction of sp³-hybridized carbons (Fsp3) is 0.333. The van der Waals surface area contributed by atoms with Gasteiger partial charge in [0.05, 0.1) is 5.56 Å². The highest BCUT2D eigenvalue weighted by atomic mass is 19.4. The van der Waals surface area contributed by atoms with Crippen LogP contribution >= 0.6 is 0 Å². The molecule has 1 aromatic carbocycles. The lowest BCUT2D eigenvalue weighted by atomic mass is 10.1. The van der Waals surface area contributed by atoms with Crippen molar-refractivity contribution in [2.45, 2.75) is 19.5 Å². The number of halogens is 3. The van der Waals surface area contributed by atoms with Crippen LogP contribution in [0.15, 0.2) is 24.3 Å². The van der Waals surface area contributed by atoms with Gasteiger partial charge in [-0.1, -0.05) is 19.1 Å². The van der Waals surface area contributed by atoms with Crippen LogP contribution in [0.25, 0.3) is 11.4 Å². The van der Waals surface area contributed by atoms with Crippen LogP contribution in [0.3, 0.4) is 0 Å². The second kappa shape index (κ2) is 4.44. The highest BCUT2D eigenvalue weighted by molar-refractivity contribution is 5.56. The van der Waals surface area contributed by atoms with Crippen molar-refractivity contribution in [2.75, 3.05) is 0 Å². The molecule has 0 aliphatic heterocycles. The average Bonchev–Trinajstić information content (AvgIpc) is 2.69. The molecule has 0 radical (unpaired) electrons. The van der Waals surface area contributed by atoms with E-state index in [1.54, 1.807) is 11.6 Å². The molecular weight excluding hydrogens is 243 g/mol. The van der Waals surface area contributed by atoms with Crippen LogP contribution in [0, 0.1) is 0 Å². The molecule has 0 aliphatic rings. The Morgan fingerprint density at radius 1 is 1.11 bits per heavy atom. The van der Waals surface area contributed by atoms with Gasteiger partial charge in [0.25, 0.3) is 0 Å². The van der Waals surface area contributed by atoms with Crippen molar-refractivity contribution in [1.29, 1.82) is 0 Å². The lowest BCUT2D eigenvalue weighted by molar-refractivity contribution is -0.137. The van der Waals surface area contributed by atoms with Gasteiger partial charge in [0, 0.05) is 19.0 Å². The molecule has 3 nitrogen and oxygen atoms in total. The average molecular weight is 255 g/mol. The molecule has 1 heterocycles. The normalized spacial score (nSPS) is 11.8. The van der Waals surface area contributed by atoms with Crippen molar-refractivity contribution in [2.24, 2.45) is 7.05 Å². The summed E-state index contributed by atoms with van der Waals surface area (Å²) in [5.41, 5.74) is -0.0400. The van der Waals surface area contributed by atoms with Crippen molar-refractivity contribution in [3.8, 4) is 11.4 Å². The molecule has 0 bridgehead atoms. The summed E-state index contributed by atoms with van der Waals surface area (Å²) in [5, 5.41) is 7.95. The molecule has 1 aromatic heterocycles. The molecule has 0 spiro atoms. The Morgan fingerprint density at radius 3 is 2.17 bits per heavy atom. The summed E-state index contributed by atoms with van der Waals surface area (Å²) >= 11 is 0. The van der Waals surface area contributed by atoms with Gasteiger partial charge < -0.3 is 4.57 Å². The molecule has 0 aliphatic carbocycles. The van der Waals surface area contributed by atoms with Gasteiger partial charge in [-0.3, -0.25) is 0 Å². The fourth-order valence-electron chi connectivity index (χ4n) is 1.73. The quantitative estimate of drug-likeness (QED) is 0.825. The van der Waals surface area contributed by atoms with E-state index in [9.17, 15) is 13.2 Å². The predicted octanol–water partition coefficient (Wildman–Crippen LogP) is 3.06. The summed E-state index contributed by atoms with van der Waals surface area (Å²) in [6, 6.07) is 4.92. The number of hydrogen-bond donors (Lipinski definition) is 0. The number of hydrogen-bond acceptors (Lipinski definition) is 2. The van der Waals surface area contributed by atoms with Crippen LogP contribution in [0.2, 0.25) is 0 Å². The minimum absolute atomic E-state index is 0.570. The fourth-order valence-corrected chi connectivity index (χ4v) is 1.73. The third-order valence-corrected chi connectivity index (χ3v) is 2.75. The molecule has 0 saturated heterocycles. The zero-order valence-electron chi connectivity index (χ0n) is 9.99. The molecule has 0 unspecified atom stereocenters. The Hall–Kier alpha value is -1.85. The number of alkyl halides is 3. The third kappa shape index (κ3) is 2.23. The third-order valence-electron chi connectivity index (χ3n) is 2.75. The van der Waals surface area contributed by atoms with Crippen LogP contribution in [-0.2, 0) is 19.6 Å². The van der Waals surface area contributed by atoms with E-state index in [1.165, 1.54) is 12.1 Å². The number of benzene rings is 1. The van der Waals surface area contributed by atoms with E-state index >= 15 is 0 Å². The smallest absolute Gasteiger partial charge is 0.314 e. The molecule has 96 valence electrons. The summed E-state index contributed by atoms with van der Waals surface area (Å²) < 4.78 is 39.1. The maximum absolute atomic E-state index is 12.4. The maximum atomic E-state index is 12.4. The zero-order valence-corrected chi connectivity index (χ0v) is 9.99. The van der Waals surface area contributed by atoms with Gasteiger partial charge >= 0.3 is 6.18 Å². The molecule has 2 rings (SSSR count). The highest BCUT2D eigenvalue weighted by Crippen LogP contribution is 2.30. The van der Waals surface area contributed by atoms with Gasteiger partial charge in [0.2, 0.25) is 0 Å². The van der Waals surface area contributed by atoms with Gasteiger partial charge in [-0.25, -0.2) is 0 Å². The van der Waals surface area contributed by atoms with Crippen molar-refractivity contribution in [3.05, 3.63) is 35.7 Å². The summed E-state index contributed by atoms with van der Waals surface area (Å²) in [6.07, 6.45) is -3.59. The van der Waals surface area contributed by atoms with Gasteiger partial charge in [-0.15, -0.1) is 10.2 Å². The highest BCUT2D eigenvalue weighted by Gasteiger charge is 2.30. The second-order valence-corrected chi connectivity index (χ2v) is 3.93. The van der Waals surface area contributed by atoms with E-state index < -0.39 is 11.7 Å². The summed E-state index contributed by atoms with van der Waals surface area (Å²) in [6.45, 7) is 1.94. The Bertz CT molecular complexity index is 541. The first-order valence-corrected chi connectivity index (χ1v) is 5.49. The van der Waals surface area contributed by atoms with E-state index in [0.717, 1.165) is 24.4 Å². The zero-order chi connectivity index (χ0) is 13.3. The predicted molar refractivity (Wildman–Crippen MR) is 60.8 cm³/mol.